The average Bonchev–Trinajstić information content (AvgIpc) is 3.02. The lowest BCUT2D eigenvalue weighted by atomic mass is 10.0. The highest BCUT2D eigenvalue weighted by atomic mass is 35.5. The van der Waals surface area contributed by atoms with E-state index >= 15 is 0 Å². The Balaban J connectivity index is 0.00000147. The van der Waals surface area contributed by atoms with Crippen molar-refractivity contribution in [3.05, 3.63) is 42.2 Å². The molecule has 2 atom stereocenters. The first kappa shape index (κ1) is 14.9. The molecule has 1 aliphatic carbocycles. The highest BCUT2D eigenvalue weighted by Crippen LogP contribution is 2.52. The minimum Gasteiger partial charge on any atom is -0.489 e. The predicted molar refractivity (Wildman–Crippen MR) is 83.7 cm³/mol. The molecule has 4 heteroatoms. The average molecular weight is 294 g/mol. The van der Waals surface area contributed by atoms with Crippen LogP contribution in [0.1, 0.15) is 24.8 Å². The van der Waals surface area contributed by atoms with Crippen LogP contribution in [0.25, 0.3) is 11.0 Å². The molecule has 1 aromatic heterocycles. The van der Waals surface area contributed by atoms with Gasteiger partial charge in [0.2, 0.25) is 0 Å². The molecule has 1 heterocycles. The van der Waals surface area contributed by atoms with E-state index < -0.39 is 0 Å². The third kappa shape index (κ3) is 2.69. The molecule has 0 amide bonds. The molecule has 0 radical (unpaired) electrons. The monoisotopic (exact) mass is 293 g/mol. The highest BCUT2D eigenvalue weighted by molar-refractivity contribution is 5.85. The van der Waals surface area contributed by atoms with Gasteiger partial charge in [-0.1, -0.05) is 6.58 Å². The van der Waals surface area contributed by atoms with E-state index in [1.807, 2.05) is 25.1 Å². The molecule has 0 unspecified atom stereocenters. The van der Waals surface area contributed by atoms with Crippen LogP contribution in [0.3, 0.4) is 0 Å². The van der Waals surface area contributed by atoms with Gasteiger partial charge in [0, 0.05) is 10.9 Å². The largest absolute Gasteiger partial charge is 0.489 e. The predicted octanol–water partition coefficient (Wildman–Crippen LogP) is 3.87. The minimum absolute atomic E-state index is 0. The SMILES string of the molecule is C=C(C)COc1ccc2occc2c1[C@H]1C[C@@H]1CN.Cl. The van der Waals surface area contributed by atoms with Crippen LogP contribution in [-0.2, 0) is 0 Å². The standard InChI is InChI=1S/C16H19NO2.ClH/c1-10(2)9-19-15-4-3-14-12(5-6-18-14)16(15)13-7-11(13)8-17;/h3-6,11,13H,1,7-9,17H2,2H3;1H/t11-,13+;/m1./s1. The van der Waals surface area contributed by atoms with Crippen LogP contribution >= 0.6 is 12.4 Å². The number of fused-ring (bicyclic) bond motifs is 1. The number of benzene rings is 1. The fourth-order valence-electron chi connectivity index (χ4n) is 2.62. The maximum absolute atomic E-state index is 5.89. The summed E-state index contributed by atoms with van der Waals surface area (Å²) in [5.74, 6) is 2.02. The van der Waals surface area contributed by atoms with Crippen LogP contribution < -0.4 is 10.5 Å². The summed E-state index contributed by atoms with van der Waals surface area (Å²) in [5.41, 5.74) is 8.96. The van der Waals surface area contributed by atoms with E-state index in [0.29, 0.717) is 18.4 Å². The van der Waals surface area contributed by atoms with Crippen molar-refractivity contribution in [2.45, 2.75) is 19.3 Å². The first-order valence-electron chi connectivity index (χ1n) is 6.68. The van der Waals surface area contributed by atoms with Gasteiger partial charge in [-0.2, -0.15) is 0 Å². The quantitative estimate of drug-likeness (QED) is 0.851. The molecule has 2 aromatic rings. The van der Waals surface area contributed by atoms with E-state index in [-0.39, 0.29) is 12.4 Å². The molecule has 2 N–H and O–H groups in total. The zero-order valence-electron chi connectivity index (χ0n) is 11.6. The molecule has 1 saturated carbocycles. The van der Waals surface area contributed by atoms with E-state index in [2.05, 4.69) is 6.58 Å². The van der Waals surface area contributed by atoms with Gasteiger partial charge in [0.15, 0.2) is 0 Å². The molecule has 0 spiro atoms. The zero-order valence-corrected chi connectivity index (χ0v) is 12.4. The van der Waals surface area contributed by atoms with Gasteiger partial charge in [-0.25, -0.2) is 0 Å². The number of ether oxygens (including phenoxy) is 1. The van der Waals surface area contributed by atoms with Crippen molar-refractivity contribution < 1.29 is 9.15 Å². The second-order valence-corrected chi connectivity index (χ2v) is 5.39. The first-order chi connectivity index (χ1) is 9.20. The maximum Gasteiger partial charge on any atom is 0.134 e. The summed E-state index contributed by atoms with van der Waals surface area (Å²) in [6, 6.07) is 5.98. The molecule has 3 nitrogen and oxygen atoms in total. The Labute approximate surface area is 125 Å². The number of halogens is 1. The second kappa shape index (κ2) is 5.90. The summed E-state index contributed by atoms with van der Waals surface area (Å²) >= 11 is 0. The molecule has 1 aliphatic rings. The van der Waals surface area contributed by atoms with Gasteiger partial charge in [-0.05, 0) is 55.5 Å². The Bertz CT molecular complexity index is 620. The van der Waals surface area contributed by atoms with Crippen LogP contribution in [0, 0.1) is 5.92 Å². The van der Waals surface area contributed by atoms with Gasteiger partial charge in [0.1, 0.15) is 17.9 Å². The molecule has 20 heavy (non-hydrogen) atoms. The molecule has 1 aromatic carbocycles. The van der Waals surface area contributed by atoms with E-state index in [4.69, 9.17) is 14.9 Å². The fourth-order valence-corrected chi connectivity index (χ4v) is 2.62. The summed E-state index contributed by atoms with van der Waals surface area (Å²) in [6.07, 6.45) is 2.88. The van der Waals surface area contributed by atoms with Gasteiger partial charge < -0.3 is 14.9 Å². The van der Waals surface area contributed by atoms with Gasteiger partial charge in [0.05, 0.1) is 6.26 Å². The van der Waals surface area contributed by atoms with Crippen molar-refractivity contribution in [3.63, 3.8) is 0 Å². The number of hydrogen-bond acceptors (Lipinski definition) is 3. The van der Waals surface area contributed by atoms with Crippen LogP contribution in [0.15, 0.2) is 41.0 Å². The smallest absolute Gasteiger partial charge is 0.134 e. The van der Waals surface area contributed by atoms with Crippen molar-refractivity contribution in [1.29, 1.82) is 0 Å². The van der Waals surface area contributed by atoms with Crippen LogP contribution in [0.4, 0.5) is 0 Å². The van der Waals surface area contributed by atoms with Crippen LogP contribution in [-0.4, -0.2) is 13.2 Å². The number of hydrogen-bond donors (Lipinski definition) is 1. The van der Waals surface area contributed by atoms with E-state index in [9.17, 15) is 0 Å². The van der Waals surface area contributed by atoms with Crippen LogP contribution in [0.2, 0.25) is 0 Å². The van der Waals surface area contributed by atoms with Crippen molar-refractivity contribution in [1.82, 2.24) is 0 Å². The Morgan fingerprint density at radius 3 is 2.90 bits per heavy atom. The van der Waals surface area contributed by atoms with Crippen molar-refractivity contribution in [2.24, 2.45) is 11.7 Å². The topological polar surface area (TPSA) is 48.4 Å². The third-order valence-corrected chi connectivity index (χ3v) is 3.71. The highest BCUT2D eigenvalue weighted by Gasteiger charge is 2.40. The summed E-state index contributed by atoms with van der Waals surface area (Å²) in [7, 11) is 0. The molecule has 0 bridgehead atoms. The van der Waals surface area contributed by atoms with Crippen molar-refractivity contribution in [3.8, 4) is 5.75 Å². The Hall–Kier alpha value is -1.45. The Kier molecular flexibility index (Phi) is 4.41. The lowest BCUT2D eigenvalue weighted by Crippen LogP contribution is -2.04. The van der Waals surface area contributed by atoms with E-state index in [1.54, 1.807) is 6.26 Å². The van der Waals surface area contributed by atoms with Crippen molar-refractivity contribution in [2.75, 3.05) is 13.2 Å². The summed E-state index contributed by atoms with van der Waals surface area (Å²) in [4.78, 5) is 0. The molecule has 3 rings (SSSR count). The third-order valence-electron chi connectivity index (χ3n) is 3.71. The maximum atomic E-state index is 5.89. The number of furan rings is 1. The van der Waals surface area contributed by atoms with E-state index in [0.717, 1.165) is 35.3 Å². The minimum atomic E-state index is 0. The second-order valence-electron chi connectivity index (χ2n) is 5.39. The molecule has 1 fully saturated rings. The Morgan fingerprint density at radius 2 is 2.25 bits per heavy atom. The molecule has 108 valence electrons. The fraction of sp³-hybridized carbons (Fsp3) is 0.375. The molecule has 0 saturated heterocycles. The summed E-state index contributed by atoms with van der Waals surface area (Å²) < 4.78 is 11.4. The van der Waals surface area contributed by atoms with Gasteiger partial charge in [0.25, 0.3) is 0 Å². The molecule has 0 aliphatic heterocycles. The summed E-state index contributed by atoms with van der Waals surface area (Å²) in [6.45, 7) is 7.14. The lowest BCUT2D eigenvalue weighted by molar-refractivity contribution is 0.349. The summed E-state index contributed by atoms with van der Waals surface area (Å²) in [5, 5.41) is 1.15. The van der Waals surface area contributed by atoms with Gasteiger partial charge in [-0.3, -0.25) is 0 Å². The van der Waals surface area contributed by atoms with Crippen LogP contribution in [0.5, 0.6) is 5.75 Å². The Morgan fingerprint density at radius 1 is 1.45 bits per heavy atom. The first-order valence-corrected chi connectivity index (χ1v) is 6.68. The number of nitrogens with two attached hydrogens (primary N) is 1. The molecular weight excluding hydrogens is 274 g/mol. The molecular formula is C16H20ClNO2. The lowest BCUT2D eigenvalue weighted by Gasteiger charge is -2.12. The zero-order chi connectivity index (χ0) is 13.4. The number of rotatable bonds is 5. The van der Waals surface area contributed by atoms with Gasteiger partial charge >= 0.3 is 0 Å². The normalized spacial score (nSPS) is 20.5. The van der Waals surface area contributed by atoms with Crippen molar-refractivity contribution >= 4 is 23.4 Å². The van der Waals surface area contributed by atoms with E-state index in [1.165, 1.54) is 5.56 Å². The van der Waals surface area contributed by atoms with Gasteiger partial charge in [-0.15, -0.1) is 12.4 Å².